The highest BCUT2D eigenvalue weighted by molar-refractivity contribution is 6.30. The molecule has 0 radical (unpaired) electrons. The first-order valence-electron chi connectivity index (χ1n) is 6.92. The van der Waals surface area contributed by atoms with E-state index in [1.165, 1.54) is 0 Å². The summed E-state index contributed by atoms with van der Waals surface area (Å²) in [7, 11) is 0. The second-order valence-electron chi connectivity index (χ2n) is 5.23. The molecule has 0 aliphatic carbocycles. The highest BCUT2D eigenvalue weighted by Crippen LogP contribution is 2.23. The fraction of sp³-hybridized carbons (Fsp3) is 0.167. The van der Waals surface area contributed by atoms with E-state index in [9.17, 15) is 5.11 Å². The van der Waals surface area contributed by atoms with Crippen LogP contribution in [0.15, 0.2) is 54.6 Å². The fourth-order valence-electron chi connectivity index (χ4n) is 2.49. The molecule has 1 unspecified atom stereocenters. The molecule has 0 aliphatic rings. The van der Waals surface area contributed by atoms with Gasteiger partial charge in [0.2, 0.25) is 0 Å². The molecule has 1 heterocycles. The van der Waals surface area contributed by atoms with Crippen molar-refractivity contribution in [1.29, 1.82) is 0 Å². The quantitative estimate of drug-likeness (QED) is 0.773. The zero-order chi connectivity index (χ0) is 14.8. The fourth-order valence-corrected chi connectivity index (χ4v) is 2.62. The summed E-state index contributed by atoms with van der Waals surface area (Å²) in [6.45, 7) is 2.04. The minimum Gasteiger partial charge on any atom is -0.386 e. The summed E-state index contributed by atoms with van der Waals surface area (Å²) in [5.74, 6) is 0. The van der Waals surface area contributed by atoms with Crippen molar-refractivity contribution in [3.63, 3.8) is 0 Å². The van der Waals surface area contributed by atoms with Crippen molar-refractivity contribution in [3.05, 3.63) is 76.4 Å². The van der Waals surface area contributed by atoms with Crippen molar-refractivity contribution in [1.82, 2.24) is 4.98 Å². The van der Waals surface area contributed by atoms with Crippen molar-refractivity contribution in [3.8, 4) is 0 Å². The average molecular weight is 298 g/mol. The Morgan fingerprint density at radius 1 is 1.10 bits per heavy atom. The molecule has 0 saturated carbocycles. The molecule has 3 heteroatoms. The van der Waals surface area contributed by atoms with Crippen LogP contribution in [0.1, 0.15) is 22.9 Å². The number of nitrogens with zero attached hydrogens (tertiary/aromatic N) is 1. The molecule has 0 fully saturated rings. The molecule has 3 rings (SSSR count). The molecule has 0 saturated heterocycles. The van der Waals surface area contributed by atoms with Crippen molar-refractivity contribution in [2.45, 2.75) is 19.4 Å². The standard InChI is InChI=1S/C18H16ClNO/c1-12-10-17(20-16-5-3-2-4-15(12)16)18(21)11-13-6-8-14(19)9-7-13/h2-10,18,21H,11H2,1H3. The largest absolute Gasteiger partial charge is 0.386 e. The lowest BCUT2D eigenvalue weighted by Gasteiger charge is -2.13. The number of aliphatic hydroxyl groups excluding tert-OH is 1. The summed E-state index contributed by atoms with van der Waals surface area (Å²) in [6, 6.07) is 17.5. The predicted octanol–water partition coefficient (Wildman–Crippen LogP) is 4.47. The lowest BCUT2D eigenvalue weighted by Crippen LogP contribution is -2.05. The Kier molecular flexibility index (Phi) is 3.91. The number of rotatable bonds is 3. The molecule has 2 aromatic carbocycles. The van der Waals surface area contributed by atoms with E-state index in [4.69, 9.17) is 11.6 Å². The van der Waals surface area contributed by atoms with E-state index >= 15 is 0 Å². The van der Waals surface area contributed by atoms with Crippen LogP contribution >= 0.6 is 11.6 Å². The van der Waals surface area contributed by atoms with E-state index in [1.54, 1.807) is 0 Å². The minimum absolute atomic E-state index is 0.530. The highest BCUT2D eigenvalue weighted by atomic mass is 35.5. The molecule has 0 amide bonds. The van der Waals surface area contributed by atoms with Gasteiger partial charge in [-0.05, 0) is 42.3 Å². The van der Waals surface area contributed by atoms with Gasteiger partial charge in [-0.25, -0.2) is 0 Å². The molecule has 1 atom stereocenters. The van der Waals surface area contributed by atoms with E-state index in [-0.39, 0.29) is 0 Å². The van der Waals surface area contributed by atoms with Crippen molar-refractivity contribution in [2.75, 3.05) is 0 Å². The Labute approximate surface area is 129 Å². The topological polar surface area (TPSA) is 33.1 Å². The highest BCUT2D eigenvalue weighted by Gasteiger charge is 2.12. The van der Waals surface area contributed by atoms with Crippen LogP contribution in [0, 0.1) is 6.92 Å². The molecule has 2 nitrogen and oxygen atoms in total. The summed E-state index contributed by atoms with van der Waals surface area (Å²) in [5.41, 5.74) is 3.80. The number of hydrogen-bond acceptors (Lipinski definition) is 2. The molecular formula is C18H16ClNO. The second kappa shape index (κ2) is 5.84. The number of aromatic nitrogens is 1. The number of fused-ring (bicyclic) bond motifs is 1. The maximum atomic E-state index is 10.4. The number of aryl methyl sites for hydroxylation is 1. The van der Waals surface area contributed by atoms with Gasteiger partial charge in [0, 0.05) is 16.8 Å². The van der Waals surface area contributed by atoms with Gasteiger partial charge in [0.15, 0.2) is 0 Å². The first-order valence-corrected chi connectivity index (χ1v) is 7.30. The van der Waals surface area contributed by atoms with Crippen LogP contribution in [-0.4, -0.2) is 10.1 Å². The van der Waals surface area contributed by atoms with Gasteiger partial charge in [0.05, 0.1) is 17.3 Å². The summed E-state index contributed by atoms with van der Waals surface area (Å²) in [6.07, 6.45) is -0.0865. The Bertz CT molecular complexity index is 768. The number of para-hydroxylation sites is 1. The van der Waals surface area contributed by atoms with Gasteiger partial charge >= 0.3 is 0 Å². The van der Waals surface area contributed by atoms with Crippen molar-refractivity contribution in [2.24, 2.45) is 0 Å². The predicted molar refractivity (Wildman–Crippen MR) is 86.6 cm³/mol. The zero-order valence-electron chi connectivity index (χ0n) is 11.8. The van der Waals surface area contributed by atoms with Crippen LogP contribution in [0.25, 0.3) is 10.9 Å². The molecule has 1 aromatic heterocycles. The van der Waals surface area contributed by atoms with Gasteiger partial charge < -0.3 is 5.11 Å². The summed E-state index contributed by atoms with van der Waals surface area (Å²) >= 11 is 5.88. The van der Waals surface area contributed by atoms with Gasteiger partial charge in [-0.15, -0.1) is 0 Å². The number of halogens is 1. The smallest absolute Gasteiger partial charge is 0.1000 e. The third kappa shape index (κ3) is 3.07. The lowest BCUT2D eigenvalue weighted by molar-refractivity contribution is 0.174. The molecule has 21 heavy (non-hydrogen) atoms. The summed E-state index contributed by atoms with van der Waals surface area (Å²) in [5, 5.41) is 12.3. The number of aliphatic hydroxyl groups is 1. The van der Waals surface area contributed by atoms with Gasteiger partial charge in [-0.3, -0.25) is 4.98 Å². The SMILES string of the molecule is Cc1cc(C(O)Cc2ccc(Cl)cc2)nc2ccccc12. The minimum atomic E-state index is -0.616. The van der Waals surface area contributed by atoms with Gasteiger partial charge in [-0.1, -0.05) is 41.9 Å². The Morgan fingerprint density at radius 3 is 2.57 bits per heavy atom. The maximum Gasteiger partial charge on any atom is 0.1000 e. The zero-order valence-corrected chi connectivity index (χ0v) is 12.5. The summed E-state index contributed by atoms with van der Waals surface area (Å²) < 4.78 is 0. The normalized spacial score (nSPS) is 12.5. The van der Waals surface area contributed by atoms with E-state index in [2.05, 4.69) is 4.98 Å². The third-order valence-corrected chi connectivity index (χ3v) is 3.88. The second-order valence-corrected chi connectivity index (χ2v) is 5.66. The molecule has 0 bridgehead atoms. The van der Waals surface area contributed by atoms with Crippen LogP contribution < -0.4 is 0 Å². The van der Waals surface area contributed by atoms with E-state index < -0.39 is 6.10 Å². The van der Waals surface area contributed by atoms with Crippen LogP contribution in [-0.2, 0) is 6.42 Å². The molecular weight excluding hydrogens is 282 g/mol. The van der Waals surface area contributed by atoms with E-state index in [1.807, 2.05) is 61.5 Å². The first-order chi connectivity index (χ1) is 10.1. The first kappa shape index (κ1) is 14.1. The van der Waals surface area contributed by atoms with Gasteiger partial charge in [-0.2, -0.15) is 0 Å². The Morgan fingerprint density at radius 2 is 1.81 bits per heavy atom. The van der Waals surface area contributed by atoms with Gasteiger partial charge in [0.1, 0.15) is 0 Å². The van der Waals surface area contributed by atoms with E-state index in [0.29, 0.717) is 17.1 Å². The molecule has 0 aliphatic heterocycles. The number of benzene rings is 2. The third-order valence-electron chi connectivity index (χ3n) is 3.63. The van der Waals surface area contributed by atoms with Crippen LogP contribution in [0.4, 0.5) is 0 Å². The van der Waals surface area contributed by atoms with Crippen molar-refractivity contribution < 1.29 is 5.11 Å². The molecule has 106 valence electrons. The average Bonchev–Trinajstić information content (AvgIpc) is 2.49. The lowest BCUT2D eigenvalue weighted by atomic mass is 10.0. The molecule has 0 spiro atoms. The molecule has 1 N–H and O–H groups in total. The van der Waals surface area contributed by atoms with Crippen molar-refractivity contribution >= 4 is 22.5 Å². The Balaban J connectivity index is 1.90. The molecule has 3 aromatic rings. The van der Waals surface area contributed by atoms with Crippen LogP contribution in [0.2, 0.25) is 5.02 Å². The monoisotopic (exact) mass is 297 g/mol. The number of pyridine rings is 1. The van der Waals surface area contributed by atoms with Gasteiger partial charge in [0.25, 0.3) is 0 Å². The van der Waals surface area contributed by atoms with E-state index in [0.717, 1.165) is 22.0 Å². The Hall–Kier alpha value is -1.90. The van der Waals surface area contributed by atoms with Crippen LogP contribution in [0.3, 0.4) is 0 Å². The van der Waals surface area contributed by atoms with Crippen LogP contribution in [0.5, 0.6) is 0 Å². The maximum absolute atomic E-state index is 10.4. The summed E-state index contributed by atoms with van der Waals surface area (Å²) in [4.78, 5) is 4.57. The number of hydrogen-bond donors (Lipinski definition) is 1.